The molecule has 0 radical (unpaired) electrons. The second-order valence-corrected chi connectivity index (χ2v) is 4.03. The fourth-order valence-corrected chi connectivity index (χ4v) is 1.93. The summed E-state index contributed by atoms with van der Waals surface area (Å²) in [5.74, 6) is 0. The highest BCUT2D eigenvalue weighted by Gasteiger charge is 2.00. The zero-order valence-electron chi connectivity index (χ0n) is 9.58. The molecule has 15 heavy (non-hydrogen) atoms. The number of rotatable bonds is 7. The van der Waals surface area contributed by atoms with Crippen molar-refractivity contribution < 1.29 is 4.74 Å². The van der Waals surface area contributed by atoms with Gasteiger partial charge < -0.3 is 14.3 Å². The van der Waals surface area contributed by atoms with Gasteiger partial charge in [-0.15, -0.1) is 0 Å². The average molecular weight is 228 g/mol. The third kappa shape index (κ3) is 3.80. The van der Waals surface area contributed by atoms with Gasteiger partial charge in [-0.05, 0) is 37.9 Å². The fraction of sp³-hybridized carbons (Fsp3) is 0.727. The zero-order chi connectivity index (χ0) is 11.1. The average Bonchev–Trinajstić information content (AvgIpc) is 2.60. The van der Waals surface area contributed by atoms with Crippen molar-refractivity contribution in [2.45, 2.75) is 39.2 Å². The van der Waals surface area contributed by atoms with Gasteiger partial charge in [0.25, 0.3) is 0 Å². The number of methoxy groups -OCH3 is 1. The number of aromatic amines is 1. The summed E-state index contributed by atoms with van der Waals surface area (Å²) in [4.78, 5) is 3.09. The molecule has 1 rings (SSSR count). The smallest absolute Gasteiger partial charge is 0.177 e. The van der Waals surface area contributed by atoms with Crippen LogP contribution in [-0.4, -0.2) is 23.3 Å². The molecule has 0 atom stereocenters. The Balaban J connectivity index is 2.36. The van der Waals surface area contributed by atoms with E-state index in [1.807, 2.05) is 6.20 Å². The second kappa shape index (κ2) is 6.80. The standard InChI is InChI=1S/C11H20N2OS/c1-3-10-9-12-11(15)13(10)7-5-4-6-8-14-2/h9H,3-8H2,1-2H3,(H,12,15). The summed E-state index contributed by atoms with van der Waals surface area (Å²) in [5.41, 5.74) is 1.30. The van der Waals surface area contributed by atoms with Gasteiger partial charge in [-0.3, -0.25) is 0 Å². The molecule has 4 heteroatoms. The molecule has 0 fully saturated rings. The minimum absolute atomic E-state index is 0.846. The van der Waals surface area contributed by atoms with E-state index in [4.69, 9.17) is 17.0 Å². The van der Waals surface area contributed by atoms with Gasteiger partial charge in [0.1, 0.15) is 0 Å². The van der Waals surface area contributed by atoms with Gasteiger partial charge in [0.2, 0.25) is 0 Å². The summed E-state index contributed by atoms with van der Waals surface area (Å²) < 4.78 is 8.06. The van der Waals surface area contributed by atoms with Crippen molar-refractivity contribution in [3.63, 3.8) is 0 Å². The van der Waals surface area contributed by atoms with Crippen molar-refractivity contribution in [2.24, 2.45) is 0 Å². The number of hydrogen-bond donors (Lipinski definition) is 1. The van der Waals surface area contributed by atoms with E-state index < -0.39 is 0 Å². The highest BCUT2D eigenvalue weighted by molar-refractivity contribution is 7.71. The SMILES string of the molecule is CCc1c[nH]c(=S)n1CCCCCOC. The third-order valence-corrected chi connectivity index (χ3v) is 2.88. The van der Waals surface area contributed by atoms with E-state index in [9.17, 15) is 0 Å². The Morgan fingerprint density at radius 3 is 2.87 bits per heavy atom. The minimum Gasteiger partial charge on any atom is -0.385 e. The number of imidazole rings is 1. The maximum atomic E-state index is 5.22. The van der Waals surface area contributed by atoms with E-state index in [0.717, 1.165) is 30.8 Å². The molecular formula is C11H20N2OS. The molecule has 86 valence electrons. The van der Waals surface area contributed by atoms with Crippen molar-refractivity contribution in [3.8, 4) is 0 Å². The first kappa shape index (κ1) is 12.5. The van der Waals surface area contributed by atoms with Crippen LogP contribution in [0.2, 0.25) is 0 Å². The number of aryl methyl sites for hydroxylation is 1. The van der Waals surface area contributed by atoms with E-state index in [1.54, 1.807) is 7.11 Å². The third-order valence-electron chi connectivity index (χ3n) is 2.55. The number of hydrogen-bond acceptors (Lipinski definition) is 2. The van der Waals surface area contributed by atoms with Crippen LogP contribution in [0.1, 0.15) is 31.9 Å². The number of nitrogens with one attached hydrogen (secondary N) is 1. The summed E-state index contributed by atoms with van der Waals surface area (Å²) in [6.45, 7) is 4.04. The molecular weight excluding hydrogens is 208 g/mol. The van der Waals surface area contributed by atoms with Gasteiger partial charge in [0.15, 0.2) is 4.77 Å². The van der Waals surface area contributed by atoms with E-state index in [1.165, 1.54) is 18.5 Å². The maximum Gasteiger partial charge on any atom is 0.177 e. The molecule has 0 spiro atoms. The Kier molecular flexibility index (Phi) is 5.65. The number of H-pyrrole nitrogens is 1. The van der Waals surface area contributed by atoms with Crippen LogP contribution in [0.25, 0.3) is 0 Å². The zero-order valence-corrected chi connectivity index (χ0v) is 10.4. The molecule has 0 saturated heterocycles. The van der Waals surface area contributed by atoms with Gasteiger partial charge in [-0.1, -0.05) is 6.92 Å². The molecule has 1 aromatic heterocycles. The lowest BCUT2D eigenvalue weighted by Crippen LogP contribution is -2.03. The number of ether oxygens (including phenoxy) is 1. The number of unbranched alkanes of at least 4 members (excludes halogenated alkanes) is 2. The molecule has 0 aromatic carbocycles. The van der Waals surface area contributed by atoms with Crippen LogP contribution < -0.4 is 0 Å². The van der Waals surface area contributed by atoms with E-state index in [2.05, 4.69) is 16.5 Å². The lowest BCUT2D eigenvalue weighted by molar-refractivity contribution is 0.191. The van der Waals surface area contributed by atoms with Crippen LogP contribution in [0.15, 0.2) is 6.20 Å². The highest BCUT2D eigenvalue weighted by atomic mass is 32.1. The Hall–Kier alpha value is -0.610. The van der Waals surface area contributed by atoms with Crippen LogP contribution in [-0.2, 0) is 17.7 Å². The first-order valence-electron chi connectivity index (χ1n) is 5.55. The van der Waals surface area contributed by atoms with Gasteiger partial charge in [-0.2, -0.15) is 0 Å². The Morgan fingerprint density at radius 1 is 1.40 bits per heavy atom. The van der Waals surface area contributed by atoms with E-state index in [0.29, 0.717) is 0 Å². The van der Waals surface area contributed by atoms with E-state index in [-0.39, 0.29) is 0 Å². The largest absolute Gasteiger partial charge is 0.385 e. The quantitative estimate of drug-likeness (QED) is 0.574. The molecule has 0 saturated carbocycles. The van der Waals surface area contributed by atoms with Crippen molar-refractivity contribution in [1.82, 2.24) is 9.55 Å². The van der Waals surface area contributed by atoms with Crippen LogP contribution in [0.5, 0.6) is 0 Å². The van der Waals surface area contributed by atoms with Gasteiger partial charge >= 0.3 is 0 Å². The van der Waals surface area contributed by atoms with Crippen molar-refractivity contribution in [2.75, 3.05) is 13.7 Å². The van der Waals surface area contributed by atoms with Crippen molar-refractivity contribution in [1.29, 1.82) is 0 Å². The molecule has 0 aliphatic carbocycles. The first-order chi connectivity index (χ1) is 7.29. The van der Waals surface area contributed by atoms with Gasteiger partial charge in [0.05, 0.1) is 0 Å². The van der Waals surface area contributed by atoms with Crippen LogP contribution >= 0.6 is 12.2 Å². The molecule has 1 N–H and O–H groups in total. The predicted octanol–water partition coefficient (Wildman–Crippen LogP) is 2.92. The van der Waals surface area contributed by atoms with Gasteiger partial charge in [0, 0.05) is 32.2 Å². The molecule has 3 nitrogen and oxygen atoms in total. The predicted molar refractivity (Wildman–Crippen MR) is 64.7 cm³/mol. The molecule has 0 aliphatic rings. The normalized spacial score (nSPS) is 10.8. The fourth-order valence-electron chi connectivity index (χ4n) is 1.66. The summed E-state index contributed by atoms with van der Waals surface area (Å²) in [5, 5.41) is 0. The van der Waals surface area contributed by atoms with Crippen molar-refractivity contribution >= 4 is 12.2 Å². The molecule has 1 heterocycles. The lowest BCUT2D eigenvalue weighted by atomic mass is 10.2. The number of aromatic nitrogens is 2. The Labute approximate surface area is 96.5 Å². The Morgan fingerprint density at radius 2 is 2.20 bits per heavy atom. The van der Waals surface area contributed by atoms with Gasteiger partial charge in [-0.25, -0.2) is 0 Å². The van der Waals surface area contributed by atoms with Crippen LogP contribution in [0.3, 0.4) is 0 Å². The minimum atomic E-state index is 0.846. The number of nitrogens with zero attached hydrogens (tertiary/aromatic N) is 1. The van der Waals surface area contributed by atoms with Crippen molar-refractivity contribution in [3.05, 3.63) is 16.7 Å². The maximum absolute atomic E-state index is 5.22. The molecule has 0 unspecified atom stereocenters. The van der Waals surface area contributed by atoms with Crippen LogP contribution in [0.4, 0.5) is 0 Å². The Bertz CT molecular complexity index is 330. The summed E-state index contributed by atoms with van der Waals surface area (Å²) in [6.07, 6.45) is 6.55. The molecule has 0 aliphatic heterocycles. The highest BCUT2D eigenvalue weighted by Crippen LogP contribution is 2.06. The molecule has 1 aromatic rings. The second-order valence-electron chi connectivity index (χ2n) is 3.64. The summed E-state index contributed by atoms with van der Waals surface area (Å²) >= 11 is 5.22. The van der Waals surface area contributed by atoms with Crippen LogP contribution in [0, 0.1) is 4.77 Å². The topological polar surface area (TPSA) is 29.9 Å². The molecule has 0 amide bonds. The van der Waals surface area contributed by atoms with E-state index >= 15 is 0 Å². The summed E-state index contributed by atoms with van der Waals surface area (Å²) in [7, 11) is 1.75. The monoisotopic (exact) mass is 228 g/mol. The lowest BCUT2D eigenvalue weighted by Gasteiger charge is -2.06. The first-order valence-corrected chi connectivity index (χ1v) is 5.96. The molecule has 0 bridgehead atoms. The summed E-state index contributed by atoms with van der Waals surface area (Å²) in [6, 6.07) is 0.